The van der Waals surface area contributed by atoms with Crippen molar-refractivity contribution in [2.45, 2.75) is 26.3 Å². The number of hydrogen-bond acceptors (Lipinski definition) is 3. The highest BCUT2D eigenvalue weighted by molar-refractivity contribution is 5.66. The van der Waals surface area contributed by atoms with E-state index in [1.54, 1.807) is 6.20 Å². The van der Waals surface area contributed by atoms with Crippen LogP contribution < -0.4 is 0 Å². The Morgan fingerprint density at radius 3 is 2.88 bits per heavy atom. The van der Waals surface area contributed by atoms with E-state index in [1.165, 1.54) is 0 Å². The second kappa shape index (κ2) is 6.23. The Bertz CT molecular complexity index is 327. The van der Waals surface area contributed by atoms with Crippen LogP contribution in [0, 0.1) is 0 Å². The third kappa shape index (κ3) is 3.62. The summed E-state index contributed by atoms with van der Waals surface area (Å²) < 4.78 is 0. The first-order chi connectivity index (χ1) is 7.65. The predicted octanol–water partition coefficient (Wildman–Crippen LogP) is 1.94. The molecule has 0 bridgehead atoms. The lowest BCUT2D eigenvalue weighted by atomic mass is 10.1. The largest absolute Gasteiger partial charge is 0.481 e. The maximum absolute atomic E-state index is 10.5. The molecule has 0 radical (unpaired) electrons. The molecule has 1 aromatic heterocycles. The summed E-state index contributed by atoms with van der Waals surface area (Å²) in [6.45, 7) is 5.52. The van der Waals surface area contributed by atoms with Gasteiger partial charge < -0.3 is 5.11 Å². The number of carbonyl (C=O) groups is 1. The Hall–Kier alpha value is -1.42. The van der Waals surface area contributed by atoms with Gasteiger partial charge in [0.05, 0.1) is 6.42 Å². The van der Waals surface area contributed by atoms with Crippen LogP contribution in [-0.4, -0.2) is 34.0 Å². The SMILES string of the molecule is CCN(CCC(=O)O)C(C)c1cccnc1. The van der Waals surface area contributed by atoms with Crippen LogP contribution in [0.5, 0.6) is 0 Å². The standard InChI is InChI=1S/C12H18N2O2/c1-3-14(8-6-12(15)16)10(2)11-5-4-7-13-9-11/h4-5,7,9-10H,3,6,8H2,1-2H3,(H,15,16). The van der Waals surface area contributed by atoms with E-state index >= 15 is 0 Å². The summed E-state index contributed by atoms with van der Waals surface area (Å²) in [6.07, 6.45) is 3.75. The first-order valence-electron chi connectivity index (χ1n) is 5.51. The minimum absolute atomic E-state index is 0.179. The summed E-state index contributed by atoms with van der Waals surface area (Å²) in [5, 5.41) is 8.67. The average Bonchev–Trinajstić information content (AvgIpc) is 2.30. The number of rotatable bonds is 6. The van der Waals surface area contributed by atoms with Crippen molar-refractivity contribution in [1.29, 1.82) is 0 Å². The number of hydrogen-bond donors (Lipinski definition) is 1. The number of carboxylic acids is 1. The van der Waals surface area contributed by atoms with Crippen LogP contribution in [0.2, 0.25) is 0 Å². The summed E-state index contributed by atoms with van der Waals surface area (Å²) in [4.78, 5) is 16.7. The summed E-state index contributed by atoms with van der Waals surface area (Å²) in [7, 11) is 0. The van der Waals surface area contributed by atoms with Gasteiger partial charge in [0.1, 0.15) is 0 Å². The molecule has 0 aliphatic heterocycles. The summed E-state index contributed by atoms with van der Waals surface area (Å²) >= 11 is 0. The molecule has 4 heteroatoms. The van der Waals surface area contributed by atoms with E-state index in [2.05, 4.69) is 16.8 Å². The molecule has 0 spiro atoms. The van der Waals surface area contributed by atoms with Gasteiger partial charge in [0.15, 0.2) is 0 Å². The summed E-state index contributed by atoms with van der Waals surface area (Å²) in [6, 6.07) is 4.12. The lowest BCUT2D eigenvalue weighted by Gasteiger charge is -2.27. The van der Waals surface area contributed by atoms with Crippen LogP contribution in [0.1, 0.15) is 31.9 Å². The third-order valence-electron chi connectivity index (χ3n) is 2.73. The minimum Gasteiger partial charge on any atom is -0.481 e. The van der Waals surface area contributed by atoms with E-state index in [0.717, 1.165) is 12.1 Å². The highest BCUT2D eigenvalue weighted by Gasteiger charge is 2.14. The van der Waals surface area contributed by atoms with Gasteiger partial charge in [-0.1, -0.05) is 13.0 Å². The lowest BCUT2D eigenvalue weighted by molar-refractivity contribution is -0.137. The fourth-order valence-corrected chi connectivity index (χ4v) is 1.70. The lowest BCUT2D eigenvalue weighted by Crippen LogP contribution is -2.29. The Morgan fingerprint density at radius 2 is 2.38 bits per heavy atom. The molecule has 0 saturated heterocycles. The van der Waals surface area contributed by atoms with E-state index in [9.17, 15) is 4.79 Å². The van der Waals surface area contributed by atoms with Crippen LogP contribution in [0.4, 0.5) is 0 Å². The molecule has 88 valence electrons. The molecular formula is C12H18N2O2. The number of nitrogens with zero attached hydrogens (tertiary/aromatic N) is 2. The van der Waals surface area contributed by atoms with E-state index in [4.69, 9.17) is 5.11 Å². The monoisotopic (exact) mass is 222 g/mol. The Balaban J connectivity index is 2.62. The molecular weight excluding hydrogens is 204 g/mol. The molecule has 4 nitrogen and oxygen atoms in total. The van der Waals surface area contributed by atoms with Gasteiger partial charge in [-0.15, -0.1) is 0 Å². The van der Waals surface area contributed by atoms with Crippen molar-refractivity contribution in [3.63, 3.8) is 0 Å². The first-order valence-corrected chi connectivity index (χ1v) is 5.51. The molecule has 0 fully saturated rings. The van der Waals surface area contributed by atoms with Crippen molar-refractivity contribution >= 4 is 5.97 Å². The van der Waals surface area contributed by atoms with Gasteiger partial charge in [-0.2, -0.15) is 0 Å². The number of aromatic nitrogens is 1. The fourth-order valence-electron chi connectivity index (χ4n) is 1.70. The van der Waals surface area contributed by atoms with Crippen molar-refractivity contribution in [2.24, 2.45) is 0 Å². The molecule has 0 saturated carbocycles. The number of pyridine rings is 1. The average molecular weight is 222 g/mol. The van der Waals surface area contributed by atoms with Crippen LogP contribution in [-0.2, 0) is 4.79 Å². The molecule has 0 aliphatic rings. The molecule has 1 rings (SSSR count). The van der Waals surface area contributed by atoms with Crippen molar-refractivity contribution in [2.75, 3.05) is 13.1 Å². The zero-order valence-corrected chi connectivity index (χ0v) is 9.76. The van der Waals surface area contributed by atoms with Gasteiger partial charge >= 0.3 is 5.97 Å². The molecule has 0 amide bonds. The Morgan fingerprint density at radius 1 is 1.62 bits per heavy atom. The molecule has 1 atom stereocenters. The van der Waals surface area contributed by atoms with Gasteiger partial charge in [-0.25, -0.2) is 0 Å². The highest BCUT2D eigenvalue weighted by atomic mass is 16.4. The van der Waals surface area contributed by atoms with Crippen LogP contribution in [0.3, 0.4) is 0 Å². The van der Waals surface area contributed by atoms with Crippen molar-refractivity contribution in [3.8, 4) is 0 Å². The summed E-state index contributed by atoms with van der Waals surface area (Å²) in [5.74, 6) is -0.753. The predicted molar refractivity (Wildman–Crippen MR) is 62.2 cm³/mol. The summed E-state index contributed by atoms with van der Waals surface area (Å²) in [5.41, 5.74) is 1.12. The minimum atomic E-state index is -0.753. The molecule has 1 N–H and O–H groups in total. The normalized spacial score (nSPS) is 12.7. The molecule has 1 aromatic rings. The Kier molecular flexibility index (Phi) is 4.92. The smallest absolute Gasteiger partial charge is 0.304 e. The van der Waals surface area contributed by atoms with Crippen molar-refractivity contribution < 1.29 is 9.90 Å². The van der Waals surface area contributed by atoms with Gasteiger partial charge in [0, 0.05) is 25.0 Å². The van der Waals surface area contributed by atoms with Gasteiger partial charge in [0.2, 0.25) is 0 Å². The maximum Gasteiger partial charge on any atom is 0.304 e. The van der Waals surface area contributed by atoms with E-state index in [1.807, 2.05) is 25.3 Å². The number of aliphatic carboxylic acids is 1. The van der Waals surface area contributed by atoms with Crippen molar-refractivity contribution in [3.05, 3.63) is 30.1 Å². The molecule has 0 aromatic carbocycles. The van der Waals surface area contributed by atoms with E-state index in [0.29, 0.717) is 6.54 Å². The van der Waals surface area contributed by atoms with Gasteiger partial charge in [0.25, 0.3) is 0 Å². The Labute approximate surface area is 95.9 Å². The zero-order valence-electron chi connectivity index (χ0n) is 9.76. The van der Waals surface area contributed by atoms with Crippen molar-refractivity contribution in [1.82, 2.24) is 9.88 Å². The molecule has 16 heavy (non-hydrogen) atoms. The molecule has 1 heterocycles. The zero-order chi connectivity index (χ0) is 12.0. The third-order valence-corrected chi connectivity index (χ3v) is 2.73. The van der Waals surface area contributed by atoms with Crippen LogP contribution in [0.25, 0.3) is 0 Å². The highest BCUT2D eigenvalue weighted by Crippen LogP contribution is 2.18. The quantitative estimate of drug-likeness (QED) is 0.799. The fraction of sp³-hybridized carbons (Fsp3) is 0.500. The van der Waals surface area contributed by atoms with Gasteiger partial charge in [-0.3, -0.25) is 14.7 Å². The van der Waals surface area contributed by atoms with E-state index < -0.39 is 5.97 Å². The maximum atomic E-state index is 10.5. The topological polar surface area (TPSA) is 53.4 Å². The molecule has 1 unspecified atom stereocenters. The first kappa shape index (κ1) is 12.6. The molecule has 0 aliphatic carbocycles. The second-order valence-corrected chi connectivity index (χ2v) is 3.73. The second-order valence-electron chi connectivity index (χ2n) is 3.73. The van der Waals surface area contributed by atoms with Crippen LogP contribution >= 0.6 is 0 Å². The number of carboxylic acid groups (broad SMARTS) is 1. The van der Waals surface area contributed by atoms with Gasteiger partial charge in [-0.05, 0) is 25.1 Å². The van der Waals surface area contributed by atoms with E-state index in [-0.39, 0.29) is 12.5 Å². The van der Waals surface area contributed by atoms with Crippen LogP contribution in [0.15, 0.2) is 24.5 Å².